The van der Waals surface area contributed by atoms with E-state index >= 15 is 0 Å². The van der Waals surface area contributed by atoms with Crippen molar-refractivity contribution in [1.82, 2.24) is 5.32 Å². The number of ether oxygens (including phenoxy) is 1. The second kappa shape index (κ2) is 2.13. The summed E-state index contributed by atoms with van der Waals surface area (Å²) in [6.07, 6.45) is 0.584. The number of nitrogens with one attached hydrogen (secondary N) is 1. The van der Waals surface area contributed by atoms with Crippen LogP contribution in [0.4, 0.5) is 0 Å². The van der Waals surface area contributed by atoms with E-state index in [-0.39, 0.29) is 12.0 Å². The zero-order chi connectivity index (χ0) is 5.98. The first kappa shape index (κ1) is 5.56. The van der Waals surface area contributed by atoms with Gasteiger partial charge in [0, 0.05) is 0 Å². The van der Waals surface area contributed by atoms with Gasteiger partial charge in [-0.25, -0.2) is 0 Å². The van der Waals surface area contributed by atoms with Crippen LogP contribution >= 0.6 is 0 Å². The SMILES string of the molecule is CCC1OCNC1=O. The van der Waals surface area contributed by atoms with Crippen LogP contribution in [0.3, 0.4) is 0 Å². The van der Waals surface area contributed by atoms with Crippen molar-refractivity contribution in [3.05, 3.63) is 0 Å². The van der Waals surface area contributed by atoms with Crippen molar-refractivity contribution in [2.75, 3.05) is 6.73 Å². The molecule has 0 aliphatic carbocycles. The van der Waals surface area contributed by atoms with Crippen LogP contribution in [-0.2, 0) is 9.53 Å². The summed E-state index contributed by atoms with van der Waals surface area (Å²) < 4.78 is 4.95. The Labute approximate surface area is 48.0 Å². The fraction of sp³-hybridized carbons (Fsp3) is 0.800. The Hall–Kier alpha value is -0.570. The lowest BCUT2D eigenvalue weighted by Gasteiger charge is -1.97. The molecule has 0 aromatic carbocycles. The maximum Gasteiger partial charge on any atom is 0.250 e. The quantitative estimate of drug-likeness (QED) is 0.517. The van der Waals surface area contributed by atoms with E-state index in [9.17, 15) is 4.79 Å². The van der Waals surface area contributed by atoms with E-state index < -0.39 is 0 Å². The van der Waals surface area contributed by atoms with Crippen molar-refractivity contribution in [3.8, 4) is 0 Å². The molecule has 0 radical (unpaired) electrons. The molecule has 1 aliphatic heterocycles. The molecule has 1 atom stereocenters. The van der Waals surface area contributed by atoms with E-state index in [0.29, 0.717) is 6.73 Å². The lowest BCUT2D eigenvalue weighted by Crippen LogP contribution is -2.22. The molecular formula is C5H9NO2. The zero-order valence-electron chi connectivity index (χ0n) is 4.81. The maximum absolute atomic E-state index is 10.6. The Morgan fingerprint density at radius 2 is 2.75 bits per heavy atom. The molecule has 0 saturated carbocycles. The summed E-state index contributed by atoms with van der Waals surface area (Å²) >= 11 is 0. The molecule has 0 bridgehead atoms. The third-order valence-electron chi connectivity index (χ3n) is 1.19. The molecule has 1 saturated heterocycles. The molecular weight excluding hydrogens is 106 g/mol. The summed E-state index contributed by atoms with van der Waals surface area (Å²) in [6, 6.07) is 0. The molecule has 3 heteroatoms. The smallest absolute Gasteiger partial charge is 0.250 e. The molecule has 0 spiro atoms. The molecule has 1 amide bonds. The van der Waals surface area contributed by atoms with Crippen LogP contribution in [0.15, 0.2) is 0 Å². The second-order valence-corrected chi connectivity index (χ2v) is 1.75. The van der Waals surface area contributed by atoms with Gasteiger partial charge in [0.1, 0.15) is 12.8 Å². The molecule has 1 N–H and O–H groups in total. The van der Waals surface area contributed by atoms with Gasteiger partial charge in [-0.15, -0.1) is 0 Å². The van der Waals surface area contributed by atoms with Crippen LogP contribution in [0, 0.1) is 0 Å². The minimum absolute atomic E-state index is 0.0208. The van der Waals surface area contributed by atoms with Crippen LogP contribution < -0.4 is 5.32 Å². The standard InChI is InChI=1S/C5H9NO2/c1-2-4-5(7)6-3-8-4/h4H,2-3H2,1H3,(H,6,7). The van der Waals surface area contributed by atoms with Crippen molar-refractivity contribution >= 4 is 5.91 Å². The normalized spacial score (nSPS) is 28.1. The van der Waals surface area contributed by atoms with Crippen LogP contribution in [0.25, 0.3) is 0 Å². The van der Waals surface area contributed by atoms with Gasteiger partial charge in [-0.1, -0.05) is 6.92 Å². The first-order chi connectivity index (χ1) is 3.84. The molecule has 1 aliphatic rings. The van der Waals surface area contributed by atoms with Gasteiger partial charge in [0.2, 0.25) is 0 Å². The van der Waals surface area contributed by atoms with Crippen molar-refractivity contribution in [3.63, 3.8) is 0 Å². The fourth-order valence-electron chi connectivity index (χ4n) is 0.706. The molecule has 0 aromatic rings. The van der Waals surface area contributed by atoms with Gasteiger partial charge in [0.05, 0.1) is 0 Å². The molecule has 1 fully saturated rings. The van der Waals surface area contributed by atoms with Gasteiger partial charge in [-0.3, -0.25) is 4.79 Å². The molecule has 1 heterocycles. The minimum Gasteiger partial charge on any atom is -0.348 e. The van der Waals surface area contributed by atoms with E-state index in [1.54, 1.807) is 0 Å². The summed E-state index contributed by atoms with van der Waals surface area (Å²) in [6.45, 7) is 2.31. The molecule has 3 nitrogen and oxygen atoms in total. The average molecular weight is 115 g/mol. The van der Waals surface area contributed by atoms with Gasteiger partial charge >= 0.3 is 0 Å². The molecule has 0 aromatic heterocycles. The molecule has 8 heavy (non-hydrogen) atoms. The van der Waals surface area contributed by atoms with Gasteiger partial charge in [-0.2, -0.15) is 0 Å². The van der Waals surface area contributed by atoms with Crippen molar-refractivity contribution in [1.29, 1.82) is 0 Å². The summed E-state index contributed by atoms with van der Waals surface area (Å²) in [4.78, 5) is 10.6. The number of carbonyl (C=O) groups is 1. The first-order valence-corrected chi connectivity index (χ1v) is 2.74. The number of amides is 1. The van der Waals surface area contributed by atoms with Crippen LogP contribution in [0.5, 0.6) is 0 Å². The lowest BCUT2D eigenvalue weighted by molar-refractivity contribution is -0.123. The summed E-state index contributed by atoms with van der Waals surface area (Å²) in [5.74, 6) is 0.0208. The van der Waals surface area contributed by atoms with Crippen LogP contribution in [-0.4, -0.2) is 18.7 Å². The average Bonchev–Trinajstić information content (AvgIpc) is 2.14. The van der Waals surface area contributed by atoms with E-state index in [0.717, 1.165) is 6.42 Å². The fourth-order valence-corrected chi connectivity index (χ4v) is 0.706. The highest BCUT2D eigenvalue weighted by atomic mass is 16.5. The highest BCUT2D eigenvalue weighted by Crippen LogP contribution is 2.01. The van der Waals surface area contributed by atoms with Gasteiger partial charge < -0.3 is 10.1 Å². The van der Waals surface area contributed by atoms with E-state index in [2.05, 4.69) is 5.32 Å². The second-order valence-electron chi connectivity index (χ2n) is 1.75. The number of hydrogen-bond acceptors (Lipinski definition) is 2. The molecule has 1 rings (SSSR count). The number of hydrogen-bond donors (Lipinski definition) is 1. The van der Waals surface area contributed by atoms with E-state index in [4.69, 9.17) is 4.74 Å². The van der Waals surface area contributed by atoms with Gasteiger partial charge in [0.25, 0.3) is 5.91 Å². The Kier molecular flexibility index (Phi) is 1.48. The molecule has 46 valence electrons. The summed E-state index contributed by atoms with van der Waals surface area (Å²) in [7, 11) is 0. The Bertz CT molecular complexity index is 103. The zero-order valence-corrected chi connectivity index (χ0v) is 4.81. The van der Waals surface area contributed by atoms with Crippen LogP contribution in [0.2, 0.25) is 0 Å². The van der Waals surface area contributed by atoms with Crippen LogP contribution in [0.1, 0.15) is 13.3 Å². The largest absolute Gasteiger partial charge is 0.348 e. The van der Waals surface area contributed by atoms with Crippen molar-refractivity contribution in [2.45, 2.75) is 19.4 Å². The van der Waals surface area contributed by atoms with E-state index in [1.807, 2.05) is 6.92 Å². The Balaban J connectivity index is 2.42. The highest BCUT2D eigenvalue weighted by molar-refractivity contribution is 5.81. The Morgan fingerprint density at radius 1 is 2.00 bits per heavy atom. The molecule has 1 unspecified atom stereocenters. The Morgan fingerprint density at radius 3 is 3.00 bits per heavy atom. The highest BCUT2D eigenvalue weighted by Gasteiger charge is 2.21. The minimum atomic E-state index is -0.185. The van der Waals surface area contributed by atoms with Crippen molar-refractivity contribution in [2.24, 2.45) is 0 Å². The monoisotopic (exact) mass is 115 g/mol. The number of rotatable bonds is 1. The van der Waals surface area contributed by atoms with Crippen molar-refractivity contribution < 1.29 is 9.53 Å². The third kappa shape index (κ3) is 0.816. The predicted molar refractivity (Wildman–Crippen MR) is 28.2 cm³/mol. The van der Waals surface area contributed by atoms with Gasteiger partial charge in [-0.05, 0) is 6.42 Å². The van der Waals surface area contributed by atoms with E-state index in [1.165, 1.54) is 0 Å². The number of carbonyl (C=O) groups excluding carboxylic acids is 1. The topological polar surface area (TPSA) is 38.3 Å². The first-order valence-electron chi connectivity index (χ1n) is 2.74. The summed E-state index contributed by atoms with van der Waals surface area (Å²) in [5, 5.41) is 2.56. The maximum atomic E-state index is 10.6. The summed E-state index contributed by atoms with van der Waals surface area (Å²) in [5.41, 5.74) is 0. The lowest BCUT2D eigenvalue weighted by atomic mass is 10.3. The van der Waals surface area contributed by atoms with Gasteiger partial charge in [0.15, 0.2) is 0 Å². The predicted octanol–water partition coefficient (Wildman–Crippen LogP) is -0.131. The third-order valence-corrected chi connectivity index (χ3v) is 1.19.